The molecule has 0 spiro atoms. The Kier molecular flexibility index (Phi) is 6.64. The Morgan fingerprint density at radius 3 is 1.66 bits per heavy atom. The molecule has 0 aliphatic heterocycles. The zero-order chi connectivity index (χ0) is 31.4. The van der Waals surface area contributed by atoms with E-state index in [2.05, 4.69) is 97.1 Å². The smallest absolute Gasteiger partial charge is 0.171 e. The van der Waals surface area contributed by atoms with Gasteiger partial charge in [0.05, 0.1) is 11.2 Å². The van der Waals surface area contributed by atoms with Gasteiger partial charge >= 0.3 is 0 Å². The number of hydrogen-bond donors (Lipinski definition) is 0. The number of rotatable bonds is 5. The molecule has 0 saturated heterocycles. The predicted molar refractivity (Wildman–Crippen MR) is 202 cm³/mol. The maximum atomic E-state index is 14.8. The van der Waals surface area contributed by atoms with Gasteiger partial charge in [-0.2, -0.15) is 0 Å². The summed E-state index contributed by atoms with van der Waals surface area (Å²) < 4.78 is 17.4. The quantitative estimate of drug-likeness (QED) is 0.139. The average Bonchev–Trinajstić information content (AvgIpc) is 3.55. The van der Waals surface area contributed by atoms with Crippen LogP contribution in [0.3, 0.4) is 0 Å². The average molecular weight is 638 g/mol. The highest BCUT2D eigenvalue weighted by molar-refractivity contribution is 7.85. The molecule has 9 aromatic rings. The van der Waals surface area contributed by atoms with Gasteiger partial charge in [0.1, 0.15) is 0 Å². The molecule has 0 fully saturated rings. The molecule has 4 heteroatoms. The van der Waals surface area contributed by atoms with Gasteiger partial charge in [0.25, 0.3) is 0 Å². The van der Waals surface area contributed by atoms with Crippen LogP contribution in [0, 0.1) is 0 Å². The lowest BCUT2D eigenvalue weighted by atomic mass is 9.98. The first-order valence-electron chi connectivity index (χ1n) is 15.7. The molecule has 0 amide bonds. The fraction of sp³-hybridized carbons (Fsp3) is 0. The normalized spacial score (nSPS) is 11.9. The Labute approximate surface area is 277 Å². The minimum Gasteiger partial charge on any atom is -0.309 e. The number of thiophene rings is 1. The number of hydrogen-bond acceptors (Lipinski definition) is 3. The zero-order valence-corrected chi connectivity index (χ0v) is 27.1. The van der Waals surface area contributed by atoms with Crippen LogP contribution in [0.5, 0.6) is 0 Å². The van der Waals surface area contributed by atoms with Crippen LogP contribution in [0.25, 0.3) is 64.2 Å². The molecular formula is C43H28NOPS. The Balaban J connectivity index is 1.15. The van der Waals surface area contributed by atoms with E-state index in [9.17, 15) is 4.57 Å². The first kappa shape index (κ1) is 27.9. The first-order chi connectivity index (χ1) is 23.2. The van der Waals surface area contributed by atoms with E-state index in [1.807, 2.05) is 84.1 Å². The van der Waals surface area contributed by atoms with Gasteiger partial charge in [-0.05, 0) is 22.6 Å². The summed E-state index contributed by atoms with van der Waals surface area (Å²) in [6.45, 7) is 0. The second-order valence-corrected chi connectivity index (χ2v) is 15.7. The van der Waals surface area contributed by atoms with Crippen molar-refractivity contribution in [2.45, 2.75) is 0 Å². The van der Waals surface area contributed by atoms with Crippen molar-refractivity contribution in [3.05, 3.63) is 170 Å². The van der Waals surface area contributed by atoms with Gasteiger partial charge in [0.2, 0.25) is 0 Å². The van der Waals surface area contributed by atoms with Crippen LogP contribution in [0.1, 0.15) is 0 Å². The standard InChI is InChI=1S/C43H28NOPS/c45-46(33-12-3-1-4-13-33,34-14-5-2-6-15-34)35-26-23-30(24-27-35)29-19-21-32(22-20-29)41-40-37-17-9-10-18-39(37)47-43(40)38-28-25-31-11-7-8-16-36(31)42(38)44-41/h1-28H. The third kappa shape index (κ3) is 4.54. The van der Waals surface area contributed by atoms with E-state index in [1.165, 1.54) is 36.3 Å². The summed E-state index contributed by atoms with van der Waals surface area (Å²) in [4.78, 5) is 5.40. The van der Waals surface area contributed by atoms with Crippen LogP contribution in [-0.2, 0) is 4.57 Å². The Hall–Kier alpha value is -5.34. The second-order valence-electron chi connectivity index (χ2n) is 11.9. The third-order valence-electron chi connectivity index (χ3n) is 9.16. The van der Waals surface area contributed by atoms with E-state index >= 15 is 0 Å². The lowest BCUT2D eigenvalue weighted by molar-refractivity contribution is 0.592. The molecule has 9 rings (SSSR count). The van der Waals surface area contributed by atoms with E-state index in [-0.39, 0.29) is 0 Å². The highest BCUT2D eigenvalue weighted by atomic mass is 32.1. The summed E-state index contributed by atoms with van der Waals surface area (Å²) in [5.74, 6) is 0. The van der Waals surface area contributed by atoms with Crippen molar-refractivity contribution in [1.82, 2.24) is 4.98 Å². The number of pyridine rings is 1. The van der Waals surface area contributed by atoms with E-state index in [0.717, 1.165) is 43.8 Å². The predicted octanol–water partition coefficient (Wildman–Crippen LogP) is 10.7. The van der Waals surface area contributed by atoms with Crippen molar-refractivity contribution < 1.29 is 4.57 Å². The molecule has 2 aromatic heterocycles. The molecule has 0 saturated carbocycles. The summed E-state index contributed by atoms with van der Waals surface area (Å²) in [7, 11) is -3.02. The van der Waals surface area contributed by atoms with Crippen molar-refractivity contribution in [2.24, 2.45) is 0 Å². The number of fused-ring (bicyclic) bond motifs is 7. The number of nitrogens with zero attached hydrogens (tertiary/aromatic N) is 1. The van der Waals surface area contributed by atoms with Crippen molar-refractivity contribution >= 4 is 76.2 Å². The molecule has 47 heavy (non-hydrogen) atoms. The summed E-state index contributed by atoms with van der Waals surface area (Å²) >= 11 is 1.85. The topological polar surface area (TPSA) is 30.0 Å². The van der Waals surface area contributed by atoms with Gasteiger partial charge < -0.3 is 4.57 Å². The first-order valence-corrected chi connectivity index (χ1v) is 18.3. The van der Waals surface area contributed by atoms with E-state index in [1.54, 1.807) is 0 Å². The minimum atomic E-state index is -3.02. The van der Waals surface area contributed by atoms with Gasteiger partial charge in [0.15, 0.2) is 7.14 Å². The second kappa shape index (κ2) is 11.2. The maximum absolute atomic E-state index is 14.8. The molecular weight excluding hydrogens is 610 g/mol. The monoisotopic (exact) mass is 637 g/mol. The molecule has 0 atom stereocenters. The maximum Gasteiger partial charge on any atom is 0.171 e. The van der Waals surface area contributed by atoms with E-state index in [4.69, 9.17) is 4.98 Å². The Morgan fingerprint density at radius 1 is 0.447 bits per heavy atom. The largest absolute Gasteiger partial charge is 0.309 e. The van der Waals surface area contributed by atoms with Crippen LogP contribution in [0.2, 0.25) is 0 Å². The summed E-state index contributed by atoms with van der Waals surface area (Å²) in [5, 5.41) is 8.53. The van der Waals surface area contributed by atoms with Crippen molar-refractivity contribution in [3.8, 4) is 22.4 Å². The molecule has 222 valence electrons. The van der Waals surface area contributed by atoms with Crippen LogP contribution in [0.15, 0.2) is 170 Å². The third-order valence-corrected chi connectivity index (χ3v) is 13.4. The molecule has 2 heterocycles. The molecule has 0 bridgehead atoms. The summed E-state index contributed by atoms with van der Waals surface area (Å²) in [5.41, 5.74) is 5.32. The van der Waals surface area contributed by atoms with Crippen LogP contribution >= 0.6 is 18.5 Å². The highest BCUT2D eigenvalue weighted by Crippen LogP contribution is 2.45. The lowest BCUT2D eigenvalue weighted by Crippen LogP contribution is -2.24. The minimum absolute atomic E-state index is 0.828. The zero-order valence-electron chi connectivity index (χ0n) is 25.4. The Morgan fingerprint density at radius 2 is 0.979 bits per heavy atom. The van der Waals surface area contributed by atoms with Crippen molar-refractivity contribution in [2.75, 3.05) is 0 Å². The Bertz CT molecular complexity index is 2580. The van der Waals surface area contributed by atoms with Crippen molar-refractivity contribution in [1.29, 1.82) is 0 Å². The van der Waals surface area contributed by atoms with Crippen LogP contribution < -0.4 is 15.9 Å². The van der Waals surface area contributed by atoms with E-state index < -0.39 is 7.14 Å². The van der Waals surface area contributed by atoms with Gasteiger partial charge in [0, 0.05) is 52.4 Å². The summed E-state index contributed by atoms with van der Waals surface area (Å²) in [6.07, 6.45) is 0. The van der Waals surface area contributed by atoms with Gasteiger partial charge in [-0.15, -0.1) is 11.3 Å². The lowest BCUT2D eigenvalue weighted by Gasteiger charge is -2.20. The molecule has 2 nitrogen and oxygen atoms in total. The van der Waals surface area contributed by atoms with Crippen LogP contribution in [0.4, 0.5) is 0 Å². The molecule has 0 N–H and O–H groups in total. The fourth-order valence-corrected chi connectivity index (χ4v) is 10.7. The highest BCUT2D eigenvalue weighted by Gasteiger charge is 2.29. The van der Waals surface area contributed by atoms with Gasteiger partial charge in [-0.25, -0.2) is 4.98 Å². The SMILES string of the molecule is O=P(c1ccccc1)(c1ccccc1)c1ccc(-c2ccc(-c3nc4c5ccccc5ccc4c4sc5ccccc5c34)cc2)cc1. The number of aromatic nitrogens is 1. The van der Waals surface area contributed by atoms with Gasteiger partial charge in [-0.3, -0.25) is 0 Å². The molecule has 0 unspecified atom stereocenters. The number of benzene rings is 7. The van der Waals surface area contributed by atoms with Crippen LogP contribution in [-0.4, -0.2) is 4.98 Å². The fourth-order valence-electron chi connectivity index (χ4n) is 6.81. The molecule has 0 radical (unpaired) electrons. The summed E-state index contributed by atoms with van der Waals surface area (Å²) in [6, 6.07) is 58.2. The molecule has 0 aliphatic carbocycles. The van der Waals surface area contributed by atoms with E-state index in [0.29, 0.717) is 0 Å². The van der Waals surface area contributed by atoms with Crippen molar-refractivity contribution in [3.63, 3.8) is 0 Å². The van der Waals surface area contributed by atoms with Gasteiger partial charge in [-0.1, -0.05) is 164 Å². The molecule has 7 aromatic carbocycles. The molecule has 0 aliphatic rings.